The minimum absolute atomic E-state index is 0.208. The summed E-state index contributed by atoms with van der Waals surface area (Å²) in [4.78, 5) is 36.8. The van der Waals surface area contributed by atoms with E-state index in [0.717, 1.165) is 12.0 Å². The van der Waals surface area contributed by atoms with Crippen LogP contribution in [0.4, 0.5) is 0 Å². The molecule has 0 N–H and O–H groups in total. The maximum atomic E-state index is 12.7. The number of ether oxygens (including phenoxy) is 4. The summed E-state index contributed by atoms with van der Waals surface area (Å²) in [6.45, 7) is 9.20. The van der Waals surface area contributed by atoms with Crippen molar-refractivity contribution in [3.63, 3.8) is 0 Å². The smallest absolute Gasteiger partial charge is 0.341 e. The quantitative estimate of drug-likeness (QED) is 0.239. The van der Waals surface area contributed by atoms with E-state index in [2.05, 4.69) is 6.58 Å². The van der Waals surface area contributed by atoms with Gasteiger partial charge in [-0.05, 0) is 39.7 Å². The Morgan fingerprint density at radius 3 is 2.63 bits per heavy atom. The van der Waals surface area contributed by atoms with E-state index < -0.39 is 47.7 Å². The third-order valence-electron chi connectivity index (χ3n) is 5.83. The van der Waals surface area contributed by atoms with Gasteiger partial charge in [0.15, 0.2) is 17.8 Å². The van der Waals surface area contributed by atoms with Crippen LogP contribution in [-0.2, 0) is 33.3 Å². The monoisotopic (exact) mass is 374 g/mol. The molecule has 7 heteroatoms. The van der Waals surface area contributed by atoms with Crippen LogP contribution in [0.2, 0.25) is 0 Å². The van der Waals surface area contributed by atoms with Gasteiger partial charge >= 0.3 is 17.9 Å². The molecule has 6 atom stereocenters. The molecule has 0 aromatic heterocycles. The Hall–Kier alpha value is -2.41. The van der Waals surface area contributed by atoms with Crippen molar-refractivity contribution in [1.82, 2.24) is 0 Å². The van der Waals surface area contributed by atoms with Gasteiger partial charge in [-0.3, -0.25) is 0 Å². The molecular formula is C20H22O7. The van der Waals surface area contributed by atoms with Crippen LogP contribution in [0.3, 0.4) is 0 Å². The molecule has 7 nitrogen and oxygen atoms in total. The molecule has 0 unspecified atom stereocenters. The second-order valence-corrected chi connectivity index (χ2v) is 7.70. The molecule has 1 aliphatic carbocycles. The molecule has 0 saturated carbocycles. The third kappa shape index (κ3) is 2.81. The number of allylic oxidation sites excluding steroid dienone is 2. The molecule has 3 heterocycles. The number of hydrogen-bond donors (Lipinski definition) is 0. The fourth-order valence-electron chi connectivity index (χ4n) is 3.81. The number of fused-ring (bicyclic) bond motifs is 2. The maximum absolute atomic E-state index is 12.7. The maximum Gasteiger partial charge on any atom is 0.341 e. The lowest BCUT2D eigenvalue weighted by Crippen LogP contribution is -2.53. The predicted octanol–water partition coefficient (Wildman–Crippen LogP) is 1.77. The molecule has 0 amide bonds. The Bertz CT molecular complexity index is 807. The molecule has 4 rings (SSSR count). The van der Waals surface area contributed by atoms with Crippen LogP contribution in [-0.4, -0.2) is 47.9 Å². The van der Waals surface area contributed by atoms with Gasteiger partial charge in [0.2, 0.25) is 0 Å². The highest BCUT2D eigenvalue weighted by Crippen LogP contribution is 2.43. The number of epoxide rings is 1. The van der Waals surface area contributed by atoms with Crippen LogP contribution in [0.25, 0.3) is 0 Å². The van der Waals surface area contributed by atoms with Crippen molar-refractivity contribution in [3.8, 4) is 0 Å². The largest absolute Gasteiger partial charge is 0.455 e. The Labute approximate surface area is 157 Å². The Balaban J connectivity index is 1.71. The standard InChI is InChI=1S/C20H22O7/c1-9-6-5-7-12-15(25-18(12)22)16(26-19(23)20(4)11(3)27-20)14-10(2)17(21)24-13(14)8-9/h7-8,11,13-16H,2,5-6H2,1,3-4H3/b9-8-,12-7+/t11-,13+,14-,15-,16-,20+/m0/s1. The first-order valence-corrected chi connectivity index (χ1v) is 9.09. The normalized spacial score (nSPS) is 44.3. The molecule has 27 heavy (non-hydrogen) atoms. The van der Waals surface area contributed by atoms with E-state index in [1.807, 2.05) is 19.1 Å². The molecule has 0 bridgehead atoms. The molecule has 3 aliphatic heterocycles. The predicted molar refractivity (Wildman–Crippen MR) is 92.3 cm³/mol. The number of carbonyl (C=O) groups is 3. The molecule has 0 aromatic carbocycles. The summed E-state index contributed by atoms with van der Waals surface area (Å²) in [5.41, 5.74) is 0.661. The van der Waals surface area contributed by atoms with Crippen LogP contribution in [0.15, 0.2) is 35.5 Å². The zero-order valence-corrected chi connectivity index (χ0v) is 15.5. The first-order valence-electron chi connectivity index (χ1n) is 9.09. The molecule has 4 aliphatic rings. The number of carbonyl (C=O) groups excluding carboxylic acids is 3. The van der Waals surface area contributed by atoms with Crippen LogP contribution in [0.1, 0.15) is 33.6 Å². The summed E-state index contributed by atoms with van der Waals surface area (Å²) < 4.78 is 21.9. The van der Waals surface area contributed by atoms with Gasteiger partial charge in [-0.25, -0.2) is 14.4 Å². The van der Waals surface area contributed by atoms with Crippen molar-refractivity contribution in [3.05, 3.63) is 35.5 Å². The van der Waals surface area contributed by atoms with Crippen molar-refractivity contribution < 1.29 is 33.3 Å². The first kappa shape index (κ1) is 18.0. The van der Waals surface area contributed by atoms with E-state index >= 15 is 0 Å². The minimum Gasteiger partial charge on any atom is -0.455 e. The zero-order valence-electron chi connectivity index (χ0n) is 15.5. The Kier molecular flexibility index (Phi) is 4.03. The molecule has 0 radical (unpaired) electrons. The van der Waals surface area contributed by atoms with Gasteiger partial charge < -0.3 is 18.9 Å². The summed E-state index contributed by atoms with van der Waals surface area (Å²) in [5.74, 6) is -2.15. The van der Waals surface area contributed by atoms with Crippen LogP contribution in [0, 0.1) is 5.92 Å². The third-order valence-corrected chi connectivity index (χ3v) is 5.83. The fraction of sp³-hybridized carbons (Fsp3) is 0.550. The average molecular weight is 374 g/mol. The van der Waals surface area contributed by atoms with Gasteiger partial charge in [0.05, 0.1) is 17.6 Å². The lowest BCUT2D eigenvalue weighted by molar-refractivity contribution is -0.183. The van der Waals surface area contributed by atoms with Crippen molar-refractivity contribution in [2.24, 2.45) is 5.92 Å². The van der Waals surface area contributed by atoms with Gasteiger partial charge in [-0.1, -0.05) is 18.2 Å². The van der Waals surface area contributed by atoms with Crippen molar-refractivity contribution >= 4 is 17.9 Å². The molecule has 0 aromatic rings. The van der Waals surface area contributed by atoms with Crippen LogP contribution >= 0.6 is 0 Å². The fourth-order valence-corrected chi connectivity index (χ4v) is 3.81. The highest BCUT2D eigenvalue weighted by molar-refractivity contribution is 5.96. The summed E-state index contributed by atoms with van der Waals surface area (Å²) in [5, 5.41) is 0. The first-order chi connectivity index (χ1) is 12.7. The number of esters is 3. The van der Waals surface area contributed by atoms with Gasteiger partial charge in [-0.2, -0.15) is 0 Å². The van der Waals surface area contributed by atoms with E-state index in [9.17, 15) is 14.4 Å². The molecular weight excluding hydrogens is 352 g/mol. The minimum atomic E-state index is -1.03. The number of rotatable bonds is 2. The average Bonchev–Trinajstić information content (AvgIpc) is 3.13. The number of hydrogen-bond acceptors (Lipinski definition) is 7. The summed E-state index contributed by atoms with van der Waals surface area (Å²) in [7, 11) is 0. The van der Waals surface area contributed by atoms with Gasteiger partial charge in [-0.15, -0.1) is 0 Å². The van der Waals surface area contributed by atoms with Gasteiger partial charge in [0, 0.05) is 5.57 Å². The molecule has 144 valence electrons. The van der Waals surface area contributed by atoms with Crippen LogP contribution < -0.4 is 0 Å². The van der Waals surface area contributed by atoms with Crippen molar-refractivity contribution in [2.75, 3.05) is 0 Å². The summed E-state index contributed by atoms with van der Waals surface area (Å²) in [6.07, 6.45) is 2.52. The van der Waals surface area contributed by atoms with Crippen molar-refractivity contribution in [2.45, 2.75) is 63.6 Å². The molecule has 3 fully saturated rings. The van der Waals surface area contributed by atoms with Crippen LogP contribution in [0.5, 0.6) is 0 Å². The van der Waals surface area contributed by atoms with E-state index in [1.54, 1.807) is 13.8 Å². The van der Waals surface area contributed by atoms with E-state index in [0.29, 0.717) is 12.0 Å². The summed E-state index contributed by atoms with van der Waals surface area (Å²) in [6, 6.07) is 0. The Morgan fingerprint density at radius 2 is 2.00 bits per heavy atom. The highest BCUT2D eigenvalue weighted by Gasteiger charge is 2.60. The SMILES string of the molecule is C=C1C(=O)O[C@@H]2/C=C(/C)CC/C=C3/C(=O)O[C@@H]3[C@@H](OC(=O)[C@]3(C)O[C@H]3C)[C@@H]12. The van der Waals surface area contributed by atoms with E-state index in [4.69, 9.17) is 18.9 Å². The van der Waals surface area contributed by atoms with Gasteiger partial charge in [0.1, 0.15) is 6.10 Å². The lowest BCUT2D eigenvalue weighted by Gasteiger charge is -2.39. The second-order valence-electron chi connectivity index (χ2n) is 7.70. The topological polar surface area (TPSA) is 91.4 Å². The molecule has 0 spiro atoms. The van der Waals surface area contributed by atoms with E-state index in [-0.39, 0.29) is 11.7 Å². The lowest BCUT2D eigenvalue weighted by atomic mass is 9.81. The zero-order chi connectivity index (χ0) is 19.5. The highest BCUT2D eigenvalue weighted by atomic mass is 16.7. The summed E-state index contributed by atoms with van der Waals surface area (Å²) >= 11 is 0. The molecule has 3 saturated heterocycles. The Morgan fingerprint density at radius 1 is 1.30 bits per heavy atom. The van der Waals surface area contributed by atoms with E-state index in [1.165, 1.54) is 0 Å². The van der Waals surface area contributed by atoms with Gasteiger partial charge in [0.25, 0.3) is 0 Å². The van der Waals surface area contributed by atoms with Crippen molar-refractivity contribution in [1.29, 1.82) is 0 Å². The second kappa shape index (κ2) is 6.05.